The normalized spacial score (nSPS) is 31.8. The lowest BCUT2D eigenvalue weighted by Gasteiger charge is -2.23. The van der Waals surface area contributed by atoms with Crippen LogP contribution in [0.2, 0.25) is 0 Å². The number of hydrogen-bond acceptors (Lipinski definition) is 6. The highest BCUT2D eigenvalue weighted by Gasteiger charge is 2.57. The third-order valence-electron chi connectivity index (χ3n) is 2.73. The second kappa shape index (κ2) is 4.24. The number of carbonyl (C=O) groups is 3. The molecule has 100 valence electrons. The molecule has 0 aromatic heterocycles. The zero-order valence-electron chi connectivity index (χ0n) is 10.4. The molecule has 18 heavy (non-hydrogen) atoms. The van der Waals surface area contributed by atoms with Gasteiger partial charge in [0.25, 0.3) is 5.91 Å². The van der Waals surface area contributed by atoms with Crippen molar-refractivity contribution in [3.8, 4) is 0 Å². The van der Waals surface area contributed by atoms with Crippen LogP contribution in [0.4, 0.5) is 4.79 Å². The second-order valence-corrected chi connectivity index (χ2v) is 6.51. The van der Waals surface area contributed by atoms with E-state index >= 15 is 0 Å². The van der Waals surface area contributed by atoms with Crippen LogP contribution >= 0.6 is 11.8 Å². The largest absolute Gasteiger partial charge is 0.443 e. The maximum absolute atomic E-state index is 12.0. The first-order valence-electron chi connectivity index (χ1n) is 5.63. The molecule has 0 bridgehead atoms. The number of likely N-dealkylation sites (tertiary alicyclic amines) is 1. The van der Waals surface area contributed by atoms with E-state index in [1.165, 1.54) is 11.8 Å². The van der Waals surface area contributed by atoms with Crippen molar-refractivity contribution in [1.82, 2.24) is 4.90 Å². The van der Waals surface area contributed by atoms with Crippen LogP contribution < -0.4 is 0 Å². The Morgan fingerprint density at radius 3 is 2.50 bits per heavy atom. The van der Waals surface area contributed by atoms with Gasteiger partial charge in [-0.05, 0) is 20.8 Å². The monoisotopic (exact) mass is 273 g/mol. The van der Waals surface area contributed by atoms with E-state index in [1.807, 2.05) is 0 Å². The topological polar surface area (TPSA) is 83.9 Å². The molecule has 3 atom stereocenters. The summed E-state index contributed by atoms with van der Waals surface area (Å²) in [5.74, 6) is -1.71. The van der Waals surface area contributed by atoms with Crippen LogP contribution in [0.25, 0.3) is 0 Å². The predicted octanol–water partition coefficient (Wildman–Crippen LogP) is 0.383. The molecular weight excluding hydrogens is 258 g/mol. The fourth-order valence-electron chi connectivity index (χ4n) is 2.00. The molecular formula is C11H15NO5S. The molecule has 6 nitrogen and oxygen atoms in total. The minimum Gasteiger partial charge on any atom is -0.443 e. The van der Waals surface area contributed by atoms with E-state index in [9.17, 15) is 19.5 Å². The number of hydrogen-bond donors (Lipinski definition) is 1. The van der Waals surface area contributed by atoms with Crippen molar-refractivity contribution in [3.05, 3.63) is 0 Å². The van der Waals surface area contributed by atoms with Gasteiger partial charge in [-0.25, -0.2) is 4.79 Å². The zero-order valence-corrected chi connectivity index (χ0v) is 11.2. The lowest BCUT2D eigenvalue weighted by atomic mass is 10.0. The number of aliphatic hydroxyl groups is 1. The Morgan fingerprint density at radius 1 is 1.39 bits per heavy atom. The number of aliphatic hydroxyl groups excluding tert-OH is 1. The van der Waals surface area contributed by atoms with Crippen molar-refractivity contribution in [2.45, 2.75) is 37.7 Å². The first kappa shape index (κ1) is 13.4. The molecule has 7 heteroatoms. The summed E-state index contributed by atoms with van der Waals surface area (Å²) < 4.78 is 5.02. The Balaban J connectivity index is 2.18. The summed E-state index contributed by atoms with van der Waals surface area (Å²) in [5, 5.41) is 8.99. The van der Waals surface area contributed by atoms with Gasteiger partial charge in [0.15, 0.2) is 0 Å². The van der Waals surface area contributed by atoms with Crippen molar-refractivity contribution in [3.63, 3.8) is 0 Å². The number of fused-ring (bicyclic) bond motifs is 1. The van der Waals surface area contributed by atoms with Crippen LogP contribution in [-0.2, 0) is 14.3 Å². The van der Waals surface area contributed by atoms with Gasteiger partial charge in [0.1, 0.15) is 5.60 Å². The van der Waals surface area contributed by atoms with Gasteiger partial charge in [0.05, 0.1) is 17.3 Å². The van der Waals surface area contributed by atoms with Crippen molar-refractivity contribution >= 4 is 29.7 Å². The lowest BCUT2D eigenvalue weighted by Crippen LogP contribution is -2.42. The van der Waals surface area contributed by atoms with Crippen LogP contribution in [0.1, 0.15) is 20.8 Å². The SMILES string of the molecule is CC(C)(C)OC(=O)N1C(=O)[C@@H]2[C@H](O)CS[C@@H]2C1=O. The summed E-state index contributed by atoms with van der Waals surface area (Å²) in [4.78, 5) is 36.2. The van der Waals surface area contributed by atoms with Crippen LogP contribution in [0.15, 0.2) is 0 Å². The molecule has 2 rings (SSSR count). The minimum atomic E-state index is -0.959. The summed E-state index contributed by atoms with van der Waals surface area (Å²) in [7, 11) is 0. The molecule has 2 aliphatic heterocycles. The van der Waals surface area contributed by atoms with Gasteiger partial charge in [0, 0.05) is 5.75 Å². The summed E-state index contributed by atoms with van der Waals surface area (Å²) in [6.07, 6.45) is -1.83. The molecule has 0 aliphatic carbocycles. The van der Waals surface area contributed by atoms with Gasteiger partial charge in [-0.2, -0.15) is 4.90 Å². The van der Waals surface area contributed by atoms with Crippen LogP contribution in [-0.4, -0.2) is 50.6 Å². The van der Waals surface area contributed by atoms with Crippen molar-refractivity contribution in [1.29, 1.82) is 0 Å². The van der Waals surface area contributed by atoms with E-state index in [1.54, 1.807) is 20.8 Å². The van der Waals surface area contributed by atoms with Gasteiger partial charge in [-0.15, -0.1) is 11.8 Å². The number of nitrogens with zero attached hydrogens (tertiary/aromatic N) is 1. The average molecular weight is 273 g/mol. The molecule has 2 saturated heterocycles. The third kappa shape index (κ3) is 2.12. The zero-order chi connectivity index (χ0) is 13.7. The van der Waals surface area contributed by atoms with Crippen molar-refractivity contribution < 1.29 is 24.2 Å². The predicted molar refractivity (Wildman–Crippen MR) is 63.8 cm³/mol. The first-order valence-corrected chi connectivity index (χ1v) is 6.68. The Kier molecular flexibility index (Phi) is 3.14. The molecule has 0 aromatic rings. The van der Waals surface area contributed by atoms with Gasteiger partial charge < -0.3 is 9.84 Å². The molecule has 1 N–H and O–H groups in total. The number of amides is 3. The van der Waals surface area contributed by atoms with Crippen LogP contribution in [0.3, 0.4) is 0 Å². The molecule has 0 radical (unpaired) electrons. The van der Waals surface area contributed by atoms with E-state index < -0.39 is 40.8 Å². The molecule has 0 saturated carbocycles. The standard InChI is InChI=1S/C11H15NO5S/c1-11(2,3)17-10(16)12-8(14)6-5(13)4-18-7(6)9(12)15/h5-7,13H,4H2,1-3H3/t5-,6-,7+/m1/s1. The molecule has 2 aliphatic rings. The molecule has 0 spiro atoms. The van der Waals surface area contributed by atoms with E-state index in [4.69, 9.17) is 4.74 Å². The quantitative estimate of drug-likeness (QED) is 0.642. The summed E-state index contributed by atoms with van der Waals surface area (Å²) in [6, 6.07) is 0. The molecule has 0 unspecified atom stereocenters. The number of ether oxygens (including phenoxy) is 1. The van der Waals surface area contributed by atoms with E-state index in [-0.39, 0.29) is 0 Å². The Hall–Kier alpha value is -1.08. The fraction of sp³-hybridized carbons (Fsp3) is 0.727. The number of carbonyl (C=O) groups excluding carboxylic acids is 3. The maximum Gasteiger partial charge on any atom is 0.424 e. The first-order chi connectivity index (χ1) is 8.22. The highest BCUT2D eigenvalue weighted by atomic mass is 32.2. The van der Waals surface area contributed by atoms with Gasteiger partial charge >= 0.3 is 6.09 Å². The molecule has 2 fully saturated rings. The minimum absolute atomic E-state index is 0.342. The molecule has 2 heterocycles. The van der Waals surface area contributed by atoms with E-state index in [2.05, 4.69) is 0 Å². The maximum atomic E-state index is 12.0. The van der Waals surface area contributed by atoms with Crippen LogP contribution in [0, 0.1) is 5.92 Å². The summed E-state index contributed by atoms with van der Waals surface area (Å²) in [5.41, 5.74) is -0.777. The second-order valence-electron chi connectivity index (χ2n) is 5.34. The van der Waals surface area contributed by atoms with E-state index in [0.717, 1.165) is 0 Å². The smallest absolute Gasteiger partial charge is 0.424 e. The average Bonchev–Trinajstić information content (AvgIpc) is 2.66. The van der Waals surface area contributed by atoms with Crippen molar-refractivity contribution in [2.24, 2.45) is 5.92 Å². The third-order valence-corrected chi connectivity index (χ3v) is 4.12. The van der Waals surface area contributed by atoms with Gasteiger partial charge in [0.2, 0.25) is 5.91 Å². The van der Waals surface area contributed by atoms with Gasteiger partial charge in [-0.3, -0.25) is 9.59 Å². The lowest BCUT2D eigenvalue weighted by molar-refractivity contribution is -0.138. The molecule has 3 amide bonds. The highest BCUT2D eigenvalue weighted by molar-refractivity contribution is 8.01. The highest BCUT2D eigenvalue weighted by Crippen LogP contribution is 2.40. The number of thioether (sulfide) groups is 1. The van der Waals surface area contributed by atoms with Gasteiger partial charge in [-0.1, -0.05) is 0 Å². The summed E-state index contributed by atoms with van der Waals surface area (Å²) in [6.45, 7) is 4.96. The fourth-order valence-corrected chi connectivity index (χ4v) is 3.37. The van der Waals surface area contributed by atoms with Crippen molar-refractivity contribution in [2.75, 3.05) is 5.75 Å². The Morgan fingerprint density at radius 2 is 2.00 bits per heavy atom. The Labute approximate surface area is 109 Å². The van der Waals surface area contributed by atoms with E-state index in [0.29, 0.717) is 10.7 Å². The number of rotatable bonds is 0. The Bertz CT molecular complexity index is 416. The van der Waals surface area contributed by atoms with Crippen LogP contribution in [0.5, 0.6) is 0 Å². The molecule has 0 aromatic carbocycles. The number of imide groups is 3. The summed E-state index contributed by atoms with van der Waals surface area (Å²) >= 11 is 1.20.